The Morgan fingerprint density at radius 1 is 1.24 bits per heavy atom. The van der Waals surface area contributed by atoms with Gasteiger partial charge in [-0.3, -0.25) is 0 Å². The summed E-state index contributed by atoms with van der Waals surface area (Å²) < 4.78 is 24.8. The predicted octanol–water partition coefficient (Wildman–Crippen LogP) is 4.17. The van der Waals surface area contributed by atoms with Crippen LogP contribution in [0.1, 0.15) is 30.8 Å². The van der Waals surface area contributed by atoms with Crippen molar-refractivity contribution in [3.63, 3.8) is 0 Å². The van der Waals surface area contributed by atoms with E-state index in [1.165, 1.54) is 23.3 Å². The minimum atomic E-state index is -0.282. The van der Waals surface area contributed by atoms with E-state index in [-0.39, 0.29) is 11.4 Å². The molecule has 0 spiro atoms. The van der Waals surface area contributed by atoms with Crippen molar-refractivity contribution < 1.29 is 13.9 Å². The van der Waals surface area contributed by atoms with Gasteiger partial charge in [0, 0.05) is 12.5 Å². The molecule has 1 aliphatic heterocycles. The lowest BCUT2D eigenvalue weighted by atomic mass is 9.99. The van der Waals surface area contributed by atoms with Gasteiger partial charge in [-0.25, -0.2) is 9.37 Å². The number of halogens is 1. The van der Waals surface area contributed by atoms with Crippen molar-refractivity contribution in [3.05, 3.63) is 59.2 Å². The minimum absolute atomic E-state index is 0.113. The van der Waals surface area contributed by atoms with Gasteiger partial charge in [0.25, 0.3) is 0 Å². The van der Waals surface area contributed by atoms with Crippen molar-refractivity contribution in [2.45, 2.75) is 38.9 Å². The Morgan fingerprint density at radius 2 is 2.12 bits per heavy atom. The maximum Gasteiger partial charge on any atom is 0.133 e. The van der Waals surface area contributed by atoms with Gasteiger partial charge in [0.15, 0.2) is 0 Å². The van der Waals surface area contributed by atoms with Crippen LogP contribution in [0.3, 0.4) is 0 Å². The number of imidazole rings is 1. The van der Waals surface area contributed by atoms with E-state index in [4.69, 9.17) is 9.47 Å². The van der Waals surface area contributed by atoms with E-state index in [1.807, 2.05) is 6.07 Å². The Morgan fingerprint density at radius 3 is 3.00 bits per heavy atom. The zero-order chi connectivity index (χ0) is 17.4. The van der Waals surface area contributed by atoms with Crippen LogP contribution in [0.15, 0.2) is 36.4 Å². The maximum absolute atomic E-state index is 13.2. The highest BCUT2D eigenvalue weighted by molar-refractivity contribution is 5.74. The van der Waals surface area contributed by atoms with E-state index in [9.17, 15) is 4.39 Å². The Kier molecular flexibility index (Phi) is 3.96. The van der Waals surface area contributed by atoms with Crippen LogP contribution < -0.4 is 4.74 Å². The summed E-state index contributed by atoms with van der Waals surface area (Å²) in [4.78, 5) is 7.49. The normalized spacial score (nSPS) is 15.3. The standard InChI is InChI=1S/C20H21FN2O2/c1-20(2)11-14-9-13(3-6-18(14)25-20)7-8-24-12-19-22-16-5-4-15(21)10-17(16)23-19/h3-6,9-10H,7-8,11-12H2,1-2H3,(H,22,23). The summed E-state index contributed by atoms with van der Waals surface area (Å²) in [5.74, 6) is 1.42. The van der Waals surface area contributed by atoms with Crippen LogP contribution in [0.4, 0.5) is 4.39 Å². The van der Waals surface area contributed by atoms with Crippen molar-refractivity contribution >= 4 is 11.0 Å². The molecule has 0 saturated heterocycles. The first-order valence-corrected chi connectivity index (χ1v) is 8.51. The van der Waals surface area contributed by atoms with E-state index in [0.29, 0.717) is 24.6 Å². The molecular weight excluding hydrogens is 319 g/mol. The van der Waals surface area contributed by atoms with Crippen LogP contribution in [0.25, 0.3) is 11.0 Å². The van der Waals surface area contributed by atoms with Gasteiger partial charge in [0.1, 0.15) is 29.6 Å². The monoisotopic (exact) mass is 340 g/mol. The molecule has 1 N–H and O–H groups in total. The fraction of sp³-hybridized carbons (Fsp3) is 0.350. The molecule has 3 aromatic rings. The number of aromatic nitrogens is 2. The molecule has 25 heavy (non-hydrogen) atoms. The Hall–Kier alpha value is -2.40. The first-order valence-electron chi connectivity index (χ1n) is 8.51. The van der Waals surface area contributed by atoms with Crippen LogP contribution >= 0.6 is 0 Å². The lowest BCUT2D eigenvalue weighted by Crippen LogP contribution is -2.24. The van der Waals surface area contributed by atoms with Crippen LogP contribution in [0, 0.1) is 5.82 Å². The molecule has 0 saturated carbocycles. The SMILES string of the molecule is CC1(C)Cc2cc(CCOCc3nc4cc(F)ccc4[nH]3)ccc2O1. The Labute approximate surface area is 146 Å². The average Bonchev–Trinajstić information content (AvgIpc) is 3.08. The number of aromatic amines is 1. The summed E-state index contributed by atoms with van der Waals surface area (Å²) in [5.41, 5.74) is 3.84. The van der Waals surface area contributed by atoms with Crippen LogP contribution in [0.2, 0.25) is 0 Å². The molecule has 0 bridgehead atoms. The van der Waals surface area contributed by atoms with Crippen LogP contribution in [-0.2, 0) is 24.2 Å². The molecule has 0 unspecified atom stereocenters. The molecule has 2 heterocycles. The summed E-state index contributed by atoms with van der Waals surface area (Å²) in [6.07, 6.45) is 1.77. The quantitative estimate of drug-likeness (QED) is 0.709. The number of nitrogens with one attached hydrogen (secondary N) is 1. The highest BCUT2D eigenvalue weighted by Gasteiger charge is 2.29. The molecule has 5 heteroatoms. The van der Waals surface area contributed by atoms with Gasteiger partial charge in [0.2, 0.25) is 0 Å². The van der Waals surface area contributed by atoms with Gasteiger partial charge in [-0.2, -0.15) is 0 Å². The van der Waals surface area contributed by atoms with Gasteiger partial charge in [-0.15, -0.1) is 0 Å². The van der Waals surface area contributed by atoms with Crippen LogP contribution in [-0.4, -0.2) is 22.2 Å². The molecule has 0 radical (unpaired) electrons. The van der Waals surface area contributed by atoms with E-state index in [0.717, 1.165) is 24.1 Å². The summed E-state index contributed by atoms with van der Waals surface area (Å²) in [6.45, 7) is 5.20. The molecule has 1 aliphatic rings. The third-order valence-corrected chi connectivity index (χ3v) is 4.40. The number of benzene rings is 2. The van der Waals surface area contributed by atoms with Crippen molar-refractivity contribution in [2.75, 3.05) is 6.61 Å². The van der Waals surface area contributed by atoms with Crippen molar-refractivity contribution in [1.29, 1.82) is 0 Å². The fourth-order valence-corrected chi connectivity index (χ4v) is 3.28. The molecule has 0 fully saturated rings. The number of rotatable bonds is 5. The number of H-pyrrole nitrogens is 1. The molecule has 0 atom stereocenters. The lowest BCUT2D eigenvalue weighted by Gasteiger charge is -2.16. The molecule has 4 rings (SSSR count). The number of hydrogen-bond donors (Lipinski definition) is 1. The van der Waals surface area contributed by atoms with Gasteiger partial charge in [-0.05, 0) is 49.6 Å². The molecule has 1 aromatic heterocycles. The fourth-order valence-electron chi connectivity index (χ4n) is 3.28. The number of nitrogens with zero attached hydrogens (tertiary/aromatic N) is 1. The topological polar surface area (TPSA) is 47.1 Å². The zero-order valence-electron chi connectivity index (χ0n) is 14.4. The van der Waals surface area contributed by atoms with E-state index >= 15 is 0 Å². The second-order valence-corrected chi connectivity index (χ2v) is 7.13. The Balaban J connectivity index is 1.32. The van der Waals surface area contributed by atoms with E-state index in [2.05, 4.69) is 35.9 Å². The van der Waals surface area contributed by atoms with Gasteiger partial charge in [-0.1, -0.05) is 12.1 Å². The third-order valence-electron chi connectivity index (χ3n) is 4.40. The first-order chi connectivity index (χ1) is 12.0. The van der Waals surface area contributed by atoms with Crippen molar-refractivity contribution in [3.8, 4) is 5.75 Å². The van der Waals surface area contributed by atoms with Gasteiger partial charge < -0.3 is 14.5 Å². The number of hydrogen-bond acceptors (Lipinski definition) is 3. The van der Waals surface area contributed by atoms with Gasteiger partial charge in [0.05, 0.1) is 17.6 Å². The number of fused-ring (bicyclic) bond motifs is 2. The second kappa shape index (κ2) is 6.15. The van der Waals surface area contributed by atoms with Crippen molar-refractivity contribution in [1.82, 2.24) is 9.97 Å². The molecule has 4 nitrogen and oxygen atoms in total. The highest BCUT2D eigenvalue weighted by atomic mass is 19.1. The average molecular weight is 340 g/mol. The van der Waals surface area contributed by atoms with E-state index < -0.39 is 0 Å². The van der Waals surface area contributed by atoms with Crippen LogP contribution in [0.5, 0.6) is 5.75 Å². The molecule has 130 valence electrons. The summed E-state index contributed by atoms with van der Waals surface area (Å²) in [6, 6.07) is 10.9. The summed E-state index contributed by atoms with van der Waals surface area (Å²) in [7, 11) is 0. The molecule has 0 aliphatic carbocycles. The summed E-state index contributed by atoms with van der Waals surface area (Å²) >= 11 is 0. The lowest BCUT2D eigenvalue weighted by molar-refractivity contribution is 0.119. The molecular formula is C20H21FN2O2. The highest BCUT2D eigenvalue weighted by Crippen LogP contribution is 2.35. The smallest absolute Gasteiger partial charge is 0.133 e. The predicted molar refractivity (Wildman–Crippen MR) is 94.3 cm³/mol. The first kappa shape index (κ1) is 16.1. The Bertz CT molecular complexity index is 917. The van der Waals surface area contributed by atoms with E-state index in [1.54, 1.807) is 6.07 Å². The molecule has 2 aromatic carbocycles. The summed E-state index contributed by atoms with van der Waals surface area (Å²) in [5, 5.41) is 0. The number of ether oxygens (including phenoxy) is 2. The largest absolute Gasteiger partial charge is 0.487 e. The second-order valence-electron chi connectivity index (χ2n) is 7.13. The third kappa shape index (κ3) is 3.51. The molecule has 0 amide bonds. The minimum Gasteiger partial charge on any atom is -0.487 e. The van der Waals surface area contributed by atoms with Crippen molar-refractivity contribution in [2.24, 2.45) is 0 Å². The maximum atomic E-state index is 13.2. The van der Waals surface area contributed by atoms with Gasteiger partial charge >= 0.3 is 0 Å². The zero-order valence-corrected chi connectivity index (χ0v) is 14.4.